The van der Waals surface area contributed by atoms with Crippen molar-refractivity contribution >= 4 is 34.8 Å². The number of anilines is 1. The number of thiocarbonyl (C=S) groups is 1. The number of benzene rings is 2. The van der Waals surface area contributed by atoms with Crippen molar-refractivity contribution in [3.63, 3.8) is 0 Å². The average Bonchev–Trinajstić information content (AvgIpc) is 2.67. The van der Waals surface area contributed by atoms with E-state index in [1.165, 1.54) is 4.90 Å². The van der Waals surface area contributed by atoms with Crippen molar-refractivity contribution in [3.8, 4) is 5.75 Å². The maximum Gasteiger partial charge on any atom is 0.257 e. The number of nitrogens with one attached hydrogen (secondary N) is 2. The van der Waals surface area contributed by atoms with Crippen molar-refractivity contribution in [1.29, 1.82) is 0 Å². The summed E-state index contributed by atoms with van der Waals surface area (Å²) in [4.78, 5) is 26.3. The van der Waals surface area contributed by atoms with Crippen LogP contribution >= 0.6 is 12.2 Å². The highest BCUT2D eigenvalue weighted by Crippen LogP contribution is 2.18. The van der Waals surface area contributed by atoms with Crippen LogP contribution in [-0.2, 0) is 0 Å². The molecular formula is C21H25N3O3S. The van der Waals surface area contributed by atoms with E-state index in [0.717, 1.165) is 6.42 Å². The molecule has 0 saturated heterocycles. The number of rotatable bonds is 6. The van der Waals surface area contributed by atoms with Crippen molar-refractivity contribution in [3.05, 3.63) is 59.7 Å². The van der Waals surface area contributed by atoms with Crippen LogP contribution in [0.1, 0.15) is 41.0 Å². The van der Waals surface area contributed by atoms with Gasteiger partial charge in [0.2, 0.25) is 0 Å². The summed E-state index contributed by atoms with van der Waals surface area (Å²) in [7, 11) is 3.35. The lowest BCUT2D eigenvalue weighted by atomic mass is 10.1. The third-order valence-corrected chi connectivity index (χ3v) is 4.25. The number of nitrogens with zero attached hydrogens (tertiary/aromatic N) is 1. The molecule has 2 rings (SSSR count). The number of para-hydroxylation sites is 1. The minimum absolute atomic E-state index is 0.0618. The van der Waals surface area contributed by atoms with Gasteiger partial charge >= 0.3 is 0 Å². The Kier molecular flexibility index (Phi) is 7.52. The molecule has 2 amide bonds. The van der Waals surface area contributed by atoms with E-state index in [9.17, 15) is 9.59 Å². The van der Waals surface area contributed by atoms with Crippen LogP contribution in [0.15, 0.2) is 48.5 Å². The Morgan fingerprint density at radius 3 is 2.54 bits per heavy atom. The van der Waals surface area contributed by atoms with Crippen molar-refractivity contribution in [2.45, 2.75) is 26.4 Å². The van der Waals surface area contributed by atoms with Crippen LogP contribution in [0.2, 0.25) is 0 Å². The van der Waals surface area contributed by atoms with Crippen molar-refractivity contribution in [2.24, 2.45) is 0 Å². The van der Waals surface area contributed by atoms with E-state index in [1.54, 1.807) is 56.6 Å². The fraction of sp³-hybridized carbons (Fsp3) is 0.286. The van der Waals surface area contributed by atoms with Gasteiger partial charge in [-0.2, -0.15) is 0 Å². The first kappa shape index (κ1) is 21.4. The highest BCUT2D eigenvalue weighted by molar-refractivity contribution is 7.80. The van der Waals surface area contributed by atoms with E-state index in [-0.39, 0.29) is 23.0 Å². The summed E-state index contributed by atoms with van der Waals surface area (Å²) in [5, 5.41) is 5.67. The minimum Gasteiger partial charge on any atom is -0.491 e. The second-order valence-electron chi connectivity index (χ2n) is 6.52. The molecule has 7 heteroatoms. The number of carbonyl (C=O) groups excluding carboxylic acids is 2. The Morgan fingerprint density at radius 1 is 1.14 bits per heavy atom. The topological polar surface area (TPSA) is 70.7 Å². The molecule has 0 fully saturated rings. The first-order valence-electron chi connectivity index (χ1n) is 9.01. The SMILES string of the molecule is CCC(C)Oc1cccc(C(=O)NC(=S)Nc2ccccc2C(=O)N(C)C)c1. The molecule has 0 saturated carbocycles. The van der Waals surface area contributed by atoms with Crippen LogP contribution in [0.5, 0.6) is 5.75 Å². The molecule has 2 aromatic rings. The predicted molar refractivity (Wildman–Crippen MR) is 115 cm³/mol. The molecule has 6 nitrogen and oxygen atoms in total. The van der Waals surface area contributed by atoms with Crippen LogP contribution < -0.4 is 15.4 Å². The fourth-order valence-electron chi connectivity index (χ4n) is 2.37. The first-order valence-corrected chi connectivity index (χ1v) is 9.42. The molecule has 0 aromatic heterocycles. The van der Waals surface area contributed by atoms with Crippen LogP contribution in [0, 0.1) is 0 Å². The molecule has 0 heterocycles. The molecule has 28 heavy (non-hydrogen) atoms. The van der Waals surface area contributed by atoms with Gasteiger partial charge in [-0.05, 0) is 55.9 Å². The smallest absolute Gasteiger partial charge is 0.257 e. The van der Waals surface area contributed by atoms with Crippen LogP contribution in [-0.4, -0.2) is 42.0 Å². The largest absolute Gasteiger partial charge is 0.491 e. The normalized spacial score (nSPS) is 11.3. The van der Waals surface area contributed by atoms with Crippen LogP contribution in [0.3, 0.4) is 0 Å². The second kappa shape index (κ2) is 9.85. The number of hydrogen-bond donors (Lipinski definition) is 2. The first-order chi connectivity index (χ1) is 13.3. The van der Waals surface area contributed by atoms with E-state index in [4.69, 9.17) is 17.0 Å². The lowest BCUT2D eigenvalue weighted by molar-refractivity contribution is 0.0828. The van der Waals surface area contributed by atoms with Crippen molar-refractivity contribution < 1.29 is 14.3 Å². The zero-order chi connectivity index (χ0) is 20.7. The van der Waals surface area contributed by atoms with E-state index in [2.05, 4.69) is 10.6 Å². The Hall–Kier alpha value is -2.93. The molecule has 1 atom stereocenters. The van der Waals surface area contributed by atoms with Gasteiger partial charge in [0, 0.05) is 19.7 Å². The number of carbonyl (C=O) groups is 2. The van der Waals surface area contributed by atoms with Crippen LogP contribution in [0.25, 0.3) is 0 Å². The summed E-state index contributed by atoms with van der Waals surface area (Å²) in [5.41, 5.74) is 1.43. The van der Waals surface area contributed by atoms with Crippen molar-refractivity contribution in [2.75, 3.05) is 19.4 Å². The summed E-state index contributed by atoms with van der Waals surface area (Å²) in [6.07, 6.45) is 0.932. The van der Waals surface area contributed by atoms with Gasteiger partial charge in [-0.3, -0.25) is 14.9 Å². The molecule has 0 spiro atoms. The number of hydrogen-bond acceptors (Lipinski definition) is 4. The molecular weight excluding hydrogens is 374 g/mol. The number of amides is 2. The number of ether oxygens (including phenoxy) is 1. The molecule has 1 unspecified atom stereocenters. The Morgan fingerprint density at radius 2 is 1.86 bits per heavy atom. The molecule has 0 aliphatic heterocycles. The third-order valence-electron chi connectivity index (χ3n) is 4.05. The third kappa shape index (κ3) is 5.79. The molecule has 2 aromatic carbocycles. The van der Waals surface area contributed by atoms with Gasteiger partial charge in [-0.15, -0.1) is 0 Å². The molecule has 148 valence electrons. The summed E-state index contributed by atoms with van der Waals surface area (Å²) in [6, 6.07) is 13.9. The lowest BCUT2D eigenvalue weighted by Crippen LogP contribution is -2.35. The van der Waals surface area contributed by atoms with E-state index < -0.39 is 0 Å². The molecule has 0 bridgehead atoms. The maximum atomic E-state index is 12.5. The van der Waals surface area contributed by atoms with Gasteiger partial charge < -0.3 is 15.0 Å². The van der Waals surface area contributed by atoms with E-state index >= 15 is 0 Å². The molecule has 0 radical (unpaired) electrons. The summed E-state index contributed by atoms with van der Waals surface area (Å²) in [5.74, 6) is 0.110. The highest BCUT2D eigenvalue weighted by atomic mass is 32.1. The van der Waals surface area contributed by atoms with Crippen molar-refractivity contribution in [1.82, 2.24) is 10.2 Å². The maximum absolute atomic E-state index is 12.5. The van der Waals surface area contributed by atoms with Gasteiger partial charge in [0.05, 0.1) is 17.4 Å². The van der Waals surface area contributed by atoms with Gasteiger partial charge in [0.25, 0.3) is 11.8 Å². The van der Waals surface area contributed by atoms with Crippen LogP contribution in [0.4, 0.5) is 5.69 Å². The fourth-order valence-corrected chi connectivity index (χ4v) is 2.58. The summed E-state index contributed by atoms with van der Waals surface area (Å²) in [6.45, 7) is 4.00. The Balaban J connectivity index is 2.07. The van der Waals surface area contributed by atoms with Gasteiger partial charge in [-0.1, -0.05) is 25.1 Å². The standard InChI is InChI=1S/C21H25N3O3S/c1-5-14(2)27-16-10-8-9-15(13-16)19(25)23-21(28)22-18-12-7-6-11-17(18)20(26)24(3)4/h6-14H,5H2,1-4H3,(H2,22,23,25,28). The molecule has 2 N–H and O–H groups in total. The highest BCUT2D eigenvalue weighted by Gasteiger charge is 2.15. The molecule has 0 aliphatic rings. The Bertz CT molecular complexity index is 867. The van der Waals surface area contributed by atoms with Gasteiger partial charge in [-0.25, -0.2) is 0 Å². The molecule has 0 aliphatic carbocycles. The Labute approximate surface area is 170 Å². The monoisotopic (exact) mass is 399 g/mol. The lowest BCUT2D eigenvalue weighted by Gasteiger charge is -2.16. The van der Waals surface area contributed by atoms with E-state index in [0.29, 0.717) is 22.6 Å². The predicted octanol–water partition coefficient (Wildman–Crippen LogP) is 3.69. The summed E-state index contributed by atoms with van der Waals surface area (Å²) < 4.78 is 5.75. The quantitative estimate of drug-likeness (QED) is 0.725. The zero-order valence-electron chi connectivity index (χ0n) is 16.5. The summed E-state index contributed by atoms with van der Waals surface area (Å²) >= 11 is 5.25. The van der Waals surface area contributed by atoms with E-state index in [1.807, 2.05) is 19.9 Å². The van der Waals surface area contributed by atoms with Gasteiger partial charge in [0.15, 0.2) is 5.11 Å². The minimum atomic E-state index is -0.358. The zero-order valence-corrected chi connectivity index (χ0v) is 17.3. The average molecular weight is 400 g/mol. The second-order valence-corrected chi connectivity index (χ2v) is 6.93. The van der Waals surface area contributed by atoms with Gasteiger partial charge in [0.1, 0.15) is 5.75 Å².